The van der Waals surface area contributed by atoms with Gasteiger partial charge in [0.05, 0.1) is 5.92 Å². The summed E-state index contributed by atoms with van der Waals surface area (Å²) in [6.07, 6.45) is 7.97. The van der Waals surface area contributed by atoms with Crippen molar-refractivity contribution in [1.29, 1.82) is 0 Å². The Kier molecular flexibility index (Phi) is 4.69. The summed E-state index contributed by atoms with van der Waals surface area (Å²) in [4.78, 5) is 40.1. The molecule has 30 heavy (non-hydrogen) atoms. The van der Waals surface area contributed by atoms with Crippen LogP contribution in [0.5, 0.6) is 0 Å². The standard InChI is InChI=1S/C19H22N10O/c1-14-7-20-10-24-18(14)26-2-4-27(5-3-26)19(30)15-8-28(9-15)16-6-17(23-12-22-16)29-13-21-11-25-29/h6-7,10-13,15H,2-5,8-9H2,1H3. The average Bonchev–Trinajstić information content (AvgIpc) is 3.28. The van der Waals surface area contributed by atoms with Gasteiger partial charge in [-0.3, -0.25) is 4.79 Å². The SMILES string of the molecule is Cc1cncnc1N1CCN(C(=O)C2CN(c3cc(-n4cncn4)ncn3)C2)CC1. The second kappa shape index (κ2) is 7.65. The Hall–Kier alpha value is -3.63. The van der Waals surface area contributed by atoms with Gasteiger partial charge in [-0.2, -0.15) is 5.10 Å². The van der Waals surface area contributed by atoms with E-state index in [-0.39, 0.29) is 11.8 Å². The molecule has 11 heteroatoms. The Morgan fingerprint density at radius 3 is 2.47 bits per heavy atom. The Balaban J connectivity index is 1.16. The molecule has 154 valence electrons. The average molecular weight is 406 g/mol. The highest BCUT2D eigenvalue weighted by molar-refractivity contribution is 5.82. The lowest BCUT2D eigenvalue weighted by atomic mass is 9.98. The Morgan fingerprint density at radius 2 is 1.73 bits per heavy atom. The number of aryl methyl sites for hydroxylation is 1. The second-order valence-electron chi connectivity index (χ2n) is 7.52. The van der Waals surface area contributed by atoms with E-state index in [1.165, 1.54) is 12.7 Å². The molecule has 0 unspecified atom stereocenters. The maximum atomic E-state index is 12.9. The lowest BCUT2D eigenvalue weighted by Crippen LogP contribution is -2.58. The number of aromatic nitrogens is 7. The quantitative estimate of drug-likeness (QED) is 0.588. The highest BCUT2D eigenvalue weighted by Gasteiger charge is 2.37. The molecule has 0 saturated carbocycles. The fraction of sp³-hybridized carbons (Fsp3) is 0.421. The van der Waals surface area contributed by atoms with Crippen LogP contribution in [0.15, 0.2) is 37.6 Å². The molecule has 3 aromatic heterocycles. The predicted octanol–water partition coefficient (Wildman–Crippen LogP) is -0.0593. The van der Waals surface area contributed by atoms with Crippen LogP contribution >= 0.6 is 0 Å². The van der Waals surface area contributed by atoms with Gasteiger partial charge in [-0.25, -0.2) is 29.6 Å². The third kappa shape index (κ3) is 3.42. The van der Waals surface area contributed by atoms with Crippen LogP contribution in [0.1, 0.15) is 5.56 Å². The molecule has 2 saturated heterocycles. The molecule has 0 atom stereocenters. The van der Waals surface area contributed by atoms with E-state index < -0.39 is 0 Å². The van der Waals surface area contributed by atoms with Crippen molar-refractivity contribution in [3.63, 3.8) is 0 Å². The van der Waals surface area contributed by atoms with Gasteiger partial charge in [-0.1, -0.05) is 0 Å². The number of amides is 1. The number of anilines is 2. The maximum Gasteiger partial charge on any atom is 0.229 e. The molecular weight excluding hydrogens is 384 g/mol. The number of nitrogens with zero attached hydrogens (tertiary/aromatic N) is 10. The summed E-state index contributed by atoms with van der Waals surface area (Å²) in [5.74, 6) is 2.63. The zero-order valence-corrected chi connectivity index (χ0v) is 16.7. The minimum absolute atomic E-state index is 0.00196. The van der Waals surface area contributed by atoms with Gasteiger partial charge >= 0.3 is 0 Å². The third-order valence-electron chi connectivity index (χ3n) is 5.60. The molecule has 0 aromatic carbocycles. The molecule has 11 nitrogen and oxygen atoms in total. The van der Waals surface area contributed by atoms with Gasteiger partial charge in [0.15, 0.2) is 5.82 Å². The molecule has 5 rings (SSSR count). The number of carbonyl (C=O) groups is 1. The molecule has 0 N–H and O–H groups in total. The summed E-state index contributed by atoms with van der Waals surface area (Å²) < 4.78 is 1.59. The molecule has 2 fully saturated rings. The molecule has 0 aliphatic carbocycles. The Bertz CT molecular complexity index is 1030. The lowest BCUT2D eigenvalue weighted by Gasteiger charge is -2.43. The molecule has 1 amide bonds. The van der Waals surface area contributed by atoms with E-state index in [1.54, 1.807) is 17.3 Å². The van der Waals surface area contributed by atoms with Gasteiger partial charge in [0.1, 0.15) is 36.9 Å². The first-order valence-electron chi connectivity index (χ1n) is 9.91. The van der Waals surface area contributed by atoms with Crippen molar-refractivity contribution < 1.29 is 4.79 Å². The first-order valence-corrected chi connectivity index (χ1v) is 9.91. The van der Waals surface area contributed by atoms with Crippen molar-refractivity contribution in [2.45, 2.75) is 6.92 Å². The van der Waals surface area contributed by atoms with E-state index in [0.717, 1.165) is 30.3 Å². The van der Waals surface area contributed by atoms with Crippen LogP contribution in [-0.4, -0.2) is 84.8 Å². The number of hydrogen-bond donors (Lipinski definition) is 0. The van der Waals surface area contributed by atoms with Crippen LogP contribution in [0, 0.1) is 12.8 Å². The van der Waals surface area contributed by atoms with Crippen molar-refractivity contribution in [3.8, 4) is 5.82 Å². The first-order chi connectivity index (χ1) is 14.7. The van der Waals surface area contributed by atoms with E-state index in [2.05, 4.69) is 39.8 Å². The minimum Gasteiger partial charge on any atom is -0.355 e. The number of hydrogen-bond acceptors (Lipinski definition) is 9. The van der Waals surface area contributed by atoms with Crippen LogP contribution in [0.2, 0.25) is 0 Å². The highest BCUT2D eigenvalue weighted by atomic mass is 16.2. The van der Waals surface area contributed by atoms with E-state index in [4.69, 9.17) is 0 Å². The van der Waals surface area contributed by atoms with Crippen molar-refractivity contribution in [2.75, 3.05) is 49.1 Å². The van der Waals surface area contributed by atoms with E-state index in [9.17, 15) is 4.79 Å². The topological polar surface area (TPSA) is 109 Å². The monoisotopic (exact) mass is 406 g/mol. The Labute approximate surface area is 173 Å². The van der Waals surface area contributed by atoms with Crippen LogP contribution in [0.3, 0.4) is 0 Å². The first kappa shape index (κ1) is 18.4. The van der Waals surface area contributed by atoms with Crippen molar-refractivity contribution in [1.82, 2.24) is 39.6 Å². The smallest absolute Gasteiger partial charge is 0.229 e. The van der Waals surface area contributed by atoms with Gasteiger partial charge in [0.2, 0.25) is 5.91 Å². The summed E-state index contributed by atoms with van der Waals surface area (Å²) in [5.41, 5.74) is 1.06. The highest BCUT2D eigenvalue weighted by Crippen LogP contribution is 2.26. The van der Waals surface area contributed by atoms with Crippen LogP contribution < -0.4 is 9.80 Å². The summed E-state index contributed by atoms with van der Waals surface area (Å²) >= 11 is 0. The van der Waals surface area contributed by atoms with Crippen molar-refractivity contribution in [2.24, 2.45) is 5.92 Å². The number of carbonyl (C=O) groups excluding carboxylic acids is 1. The molecule has 5 heterocycles. The van der Waals surface area contributed by atoms with E-state index >= 15 is 0 Å². The van der Waals surface area contributed by atoms with Gasteiger partial charge < -0.3 is 14.7 Å². The number of piperazine rings is 1. The Morgan fingerprint density at radius 1 is 0.933 bits per heavy atom. The van der Waals surface area contributed by atoms with Crippen molar-refractivity contribution in [3.05, 3.63) is 43.1 Å². The van der Waals surface area contributed by atoms with Gasteiger partial charge in [0.25, 0.3) is 0 Å². The predicted molar refractivity (Wildman–Crippen MR) is 108 cm³/mol. The zero-order valence-electron chi connectivity index (χ0n) is 16.7. The number of rotatable bonds is 4. The van der Waals surface area contributed by atoms with Crippen LogP contribution in [-0.2, 0) is 4.79 Å². The molecular formula is C19H22N10O. The summed E-state index contributed by atoms with van der Waals surface area (Å²) in [7, 11) is 0. The maximum absolute atomic E-state index is 12.9. The fourth-order valence-corrected chi connectivity index (χ4v) is 3.90. The molecule has 2 aliphatic heterocycles. The van der Waals surface area contributed by atoms with Gasteiger partial charge in [0, 0.05) is 57.1 Å². The van der Waals surface area contributed by atoms with E-state index in [0.29, 0.717) is 32.0 Å². The fourth-order valence-electron chi connectivity index (χ4n) is 3.90. The van der Waals surface area contributed by atoms with Gasteiger partial charge in [-0.05, 0) is 6.92 Å². The summed E-state index contributed by atoms with van der Waals surface area (Å²) in [5, 5.41) is 4.09. The largest absolute Gasteiger partial charge is 0.355 e. The molecule has 0 bridgehead atoms. The van der Waals surface area contributed by atoms with Crippen LogP contribution in [0.4, 0.5) is 11.6 Å². The normalized spacial score (nSPS) is 17.2. The molecule has 2 aliphatic rings. The zero-order chi connectivity index (χ0) is 20.5. The summed E-state index contributed by atoms with van der Waals surface area (Å²) in [6, 6.07) is 1.86. The molecule has 0 spiro atoms. The van der Waals surface area contributed by atoms with E-state index in [1.807, 2.05) is 24.1 Å². The minimum atomic E-state index is 0.00196. The molecule has 0 radical (unpaired) electrons. The summed E-state index contributed by atoms with van der Waals surface area (Å²) in [6.45, 7) is 6.33. The van der Waals surface area contributed by atoms with Gasteiger partial charge in [-0.15, -0.1) is 0 Å². The third-order valence-corrected chi connectivity index (χ3v) is 5.60. The molecule has 3 aromatic rings. The van der Waals surface area contributed by atoms with Crippen molar-refractivity contribution >= 4 is 17.5 Å². The second-order valence-corrected chi connectivity index (χ2v) is 7.52. The van der Waals surface area contributed by atoms with Crippen LogP contribution in [0.25, 0.3) is 5.82 Å². The lowest BCUT2D eigenvalue weighted by molar-refractivity contribution is -0.136.